The molecule has 0 spiro atoms. The smallest absolute Gasteiger partial charge is 0.255 e. The molecule has 8 heteroatoms. The van der Waals surface area contributed by atoms with Crippen LogP contribution in [0.5, 0.6) is 5.75 Å². The molecular weight excluding hydrogens is 524 g/mol. The summed E-state index contributed by atoms with van der Waals surface area (Å²) in [6.07, 6.45) is 0. The summed E-state index contributed by atoms with van der Waals surface area (Å²) >= 11 is 13.1. The Bertz CT molecular complexity index is 1240. The predicted octanol–water partition coefficient (Wildman–Crippen LogP) is 6.93. The van der Waals surface area contributed by atoms with Gasteiger partial charge in [-0.1, -0.05) is 27.5 Å². The first kappa shape index (κ1) is 19.9. The zero-order chi connectivity index (χ0) is 20.5. The molecule has 146 valence electrons. The summed E-state index contributed by atoms with van der Waals surface area (Å²) in [5, 5.41) is 3.41. The monoisotopic (exact) mass is 534 g/mol. The fourth-order valence-corrected chi connectivity index (χ4v) is 3.89. The Balaban J connectivity index is 1.61. The first-order valence-electron chi connectivity index (χ1n) is 8.45. The Hall–Kier alpha value is -2.35. The van der Waals surface area contributed by atoms with Crippen LogP contribution in [0.25, 0.3) is 22.6 Å². The molecule has 1 heterocycles. The van der Waals surface area contributed by atoms with Gasteiger partial charge in [-0.25, -0.2) is 4.98 Å². The second-order valence-corrected chi connectivity index (χ2v) is 8.31. The second kappa shape index (κ2) is 8.18. The van der Waals surface area contributed by atoms with Gasteiger partial charge in [0.15, 0.2) is 5.58 Å². The summed E-state index contributed by atoms with van der Waals surface area (Å²) in [5.41, 5.74) is 3.01. The third-order valence-electron chi connectivity index (χ3n) is 4.22. The number of carbonyl (C=O) groups excluding carboxylic acids is 1. The zero-order valence-corrected chi connectivity index (χ0v) is 18.9. The molecule has 1 aromatic heterocycles. The Morgan fingerprint density at radius 2 is 1.93 bits per heavy atom. The third-order valence-corrected chi connectivity index (χ3v) is 5.66. The molecule has 0 aliphatic carbocycles. The van der Waals surface area contributed by atoms with Crippen LogP contribution < -0.4 is 10.1 Å². The number of rotatable bonds is 4. The lowest BCUT2D eigenvalue weighted by atomic mass is 10.2. The van der Waals surface area contributed by atoms with Gasteiger partial charge in [0.25, 0.3) is 5.91 Å². The molecule has 0 aliphatic heterocycles. The minimum Gasteiger partial charge on any atom is -0.496 e. The van der Waals surface area contributed by atoms with Crippen molar-refractivity contribution in [1.29, 1.82) is 0 Å². The predicted molar refractivity (Wildman–Crippen MR) is 121 cm³/mol. The first-order chi connectivity index (χ1) is 13.9. The minimum atomic E-state index is -0.244. The maximum absolute atomic E-state index is 12.6. The van der Waals surface area contributed by atoms with Gasteiger partial charge in [0, 0.05) is 15.7 Å². The average molecular weight is 537 g/mol. The molecule has 4 rings (SSSR count). The van der Waals surface area contributed by atoms with E-state index in [1.54, 1.807) is 49.6 Å². The van der Waals surface area contributed by atoms with Crippen molar-refractivity contribution in [1.82, 2.24) is 4.98 Å². The molecule has 1 N–H and O–H groups in total. The highest BCUT2D eigenvalue weighted by Crippen LogP contribution is 2.33. The van der Waals surface area contributed by atoms with Crippen molar-refractivity contribution < 1.29 is 13.9 Å². The molecule has 5 nitrogen and oxygen atoms in total. The van der Waals surface area contributed by atoms with Crippen LogP contribution in [-0.4, -0.2) is 18.0 Å². The topological polar surface area (TPSA) is 64.4 Å². The molecule has 29 heavy (non-hydrogen) atoms. The van der Waals surface area contributed by atoms with Gasteiger partial charge in [0.1, 0.15) is 11.3 Å². The van der Waals surface area contributed by atoms with Crippen LogP contribution in [0.15, 0.2) is 68.0 Å². The number of anilines is 1. The van der Waals surface area contributed by atoms with Gasteiger partial charge in [0.2, 0.25) is 5.89 Å². The summed E-state index contributed by atoms with van der Waals surface area (Å²) in [6, 6.07) is 15.9. The van der Waals surface area contributed by atoms with Crippen LogP contribution in [-0.2, 0) is 0 Å². The van der Waals surface area contributed by atoms with Gasteiger partial charge in [-0.3, -0.25) is 4.79 Å². The molecule has 1 amide bonds. The number of benzene rings is 3. The number of carbonyl (C=O) groups is 1. The van der Waals surface area contributed by atoms with Crippen molar-refractivity contribution in [2.45, 2.75) is 0 Å². The van der Waals surface area contributed by atoms with Gasteiger partial charge in [0.05, 0.1) is 22.2 Å². The number of nitrogens with one attached hydrogen (secondary N) is 1. The number of nitrogens with zero attached hydrogens (tertiary/aromatic N) is 1. The maximum atomic E-state index is 12.6. The summed E-state index contributed by atoms with van der Waals surface area (Å²) in [4.78, 5) is 17.1. The maximum Gasteiger partial charge on any atom is 0.255 e. The van der Waals surface area contributed by atoms with E-state index < -0.39 is 0 Å². The Kier molecular flexibility index (Phi) is 5.63. The summed E-state index contributed by atoms with van der Waals surface area (Å²) < 4.78 is 12.6. The number of hydrogen-bond donors (Lipinski definition) is 1. The van der Waals surface area contributed by atoms with Crippen molar-refractivity contribution in [3.05, 3.63) is 74.1 Å². The van der Waals surface area contributed by atoms with E-state index in [1.165, 1.54) is 0 Å². The van der Waals surface area contributed by atoms with Crippen molar-refractivity contribution >= 4 is 66.2 Å². The molecule has 4 aromatic rings. The fourth-order valence-electron chi connectivity index (χ4n) is 2.79. The Morgan fingerprint density at radius 3 is 2.69 bits per heavy atom. The number of oxazole rings is 1. The highest BCUT2D eigenvalue weighted by atomic mass is 79.9. The third kappa shape index (κ3) is 4.17. The number of methoxy groups -OCH3 is 1. The van der Waals surface area contributed by atoms with E-state index in [0.717, 1.165) is 4.47 Å². The number of amides is 1. The van der Waals surface area contributed by atoms with Crippen LogP contribution in [0.2, 0.25) is 5.02 Å². The van der Waals surface area contributed by atoms with Crippen LogP contribution in [0.1, 0.15) is 10.4 Å². The minimum absolute atomic E-state index is 0.244. The lowest BCUT2D eigenvalue weighted by Crippen LogP contribution is -2.11. The number of ether oxygens (including phenoxy) is 1. The highest BCUT2D eigenvalue weighted by molar-refractivity contribution is 9.10. The van der Waals surface area contributed by atoms with Crippen molar-refractivity contribution in [3.63, 3.8) is 0 Å². The molecule has 0 saturated heterocycles. The van der Waals surface area contributed by atoms with E-state index in [0.29, 0.717) is 49.0 Å². The van der Waals surface area contributed by atoms with Gasteiger partial charge in [-0.2, -0.15) is 0 Å². The fraction of sp³-hybridized carbons (Fsp3) is 0.0476. The van der Waals surface area contributed by atoms with Gasteiger partial charge in [-0.05, 0) is 70.5 Å². The molecule has 0 atom stereocenters. The van der Waals surface area contributed by atoms with Crippen LogP contribution in [0.3, 0.4) is 0 Å². The number of halogens is 3. The van der Waals surface area contributed by atoms with Gasteiger partial charge >= 0.3 is 0 Å². The molecule has 0 radical (unpaired) electrons. The number of hydrogen-bond acceptors (Lipinski definition) is 4. The quantitative estimate of drug-likeness (QED) is 0.307. The van der Waals surface area contributed by atoms with E-state index in [4.69, 9.17) is 20.8 Å². The molecule has 0 saturated carbocycles. The molecular formula is C21H13Br2ClN2O3. The van der Waals surface area contributed by atoms with Crippen LogP contribution >= 0.6 is 43.5 Å². The lowest BCUT2D eigenvalue weighted by Gasteiger charge is -2.07. The standard InChI is InChI=1S/C21H13Br2ClN2O3/c1-28-18-6-2-11(8-15(18)23)20(27)25-13-4-7-19-17(10-13)26-21(29-19)14-9-12(22)3-5-16(14)24/h2-10H,1H3,(H,25,27). The number of fused-ring (bicyclic) bond motifs is 1. The lowest BCUT2D eigenvalue weighted by molar-refractivity contribution is 0.102. The van der Waals surface area contributed by atoms with E-state index in [2.05, 4.69) is 42.2 Å². The van der Waals surface area contributed by atoms with Crippen molar-refractivity contribution in [2.24, 2.45) is 0 Å². The van der Waals surface area contributed by atoms with Gasteiger partial charge < -0.3 is 14.5 Å². The van der Waals surface area contributed by atoms with E-state index >= 15 is 0 Å². The van der Waals surface area contributed by atoms with Crippen molar-refractivity contribution in [3.8, 4) is 17.2 Å². The molecule has 0 aliphatic rings. The number of aromatic nitrogens is 1. The zero-order valence-electron chi connectivity index (χ0n) is 15.0. The average Bonchev–Trinajstić information content (AvgIpc) is 3.12. The van der Waals surface area contributed by atoms with Crippen LogP contribution in [0, 0.1) is 0 Å². The SMILES string of the molecule is COc1ccc(C(=O)Nc2ccc3oc(-c4cc(Br)ccc4Cl)nc3c2)cc1Br. The highest BCUT2D eigenvalue weighted by Gasteiger charge is 2.14. The molecule has 0 fully saturated rings. The first-order valence-corrected chi connectivity index (χ1v) is 10.4. The second-order valence-electron chi connectivity index (χ2n) is 6.13. The Morgan fingerprint density at radius 1 is 1.10 bits per heavy atom. The largest absolute Gasteiger partial charge is 0.496 e. The molecule has 0 unspecified atom stereocenters. The van der Waals surface area contributed by atoms with E-state index in [-0.39, 0.29) is 5.91 Å². The van der Waals surface area contributed by atoms with Gasteiger partial charge in [-0.15, -0.1) is 0 Å². The summed E-state index contributed by atoms with van der Waals surface area (Å²) in [6.45, 7) is 0. The normalized spacial score (nSPS) is 10.9. The van der Waals surface area contributed by atoms with Crippen molar-refractivity contribution in [2.75, 3.05) is 12.4 Å². The molecule has 3 aromatic carbocycles. The molecule has 0 bridgehead atoms. The van der Waals surface area contributed by atoms with E-state index in [1.807, 2.05) is 12.1 Å². The van der Waals surface area contributed by atoms with Crippen LogP contribution in [0.4, 0.5) is 5.69 Å². The van der Waals surface area contributed by atoms with E-state index in [9.17, 15) is 4.79 Å². The summed E-state index contributed by atoms with van der Waals surface area (Å²) in [5.74, 6) is 0.824. The Labute approximate surface area is 188 Å². The summed E-state index contributed by atoms with van der Waals surface area (Å²) in [7, 11) is 1.57.